The summed E-state index contributed by atoms with van der Waals surface area (Å²) in [5, 5.41) is 0. The first kappa shape index (κ1) is 12.9. The summed E-state index contributed by atoms with van der Waals surface area (Å²) in [6, 6.07) is 9.34. The molecule has 0 radical (unpaired) electrons. The number of Topliss-reactive ketones (excluding diaryl/α,β-unsaturated/α-hetero) is 1. The van der Waals surface area contributed by atoms with Crippen molar-refractivity contribution in [3.05, 3.63) is 35.9 Å². The average molecular weight is 220 g/mol. The van der Waals surface area contributed by atoms with Crippen LogP contribution in [-0.2, 0) is 4.74 Å². The Morgan fingerprint density at radius 2 is 1.94 bits per heavy atom. The number of methoxy groups -OCH3 is 1. The molecule has 0 aliphatic rings. The largest absolute Gasteiger partial charge is 0.370 e. The molecule has 2 nitrogen and oxygen atoms in total. The van der Waals surface area contributed by atoms with Crippen LogP contribution in [0.3, 0.4) is 0 Å². The zero-order valence-corrected chi connectivity index (χ0v) is 10.3. The van der Waals surface area contributed by atoms with Crippen molar-refractivity contribution in [3.63, 3.8) is 0 Å². The third-order valence-corrected chi connectivity index (χ3v) is 2.97. The van der Waals surface area contributed by atoms with Crippen LogP contribution in [0.4, 0.5) is 0 Å². The molecule has 0 spiro atoms. The Labute approximate surface area is 97.6 Å². The molecule has 0 amide bonds. The summed E-state index contributed by atoms with van der Waals surface area (Å²) >= 11 is 0. The first-order valence-corrected chi connectivity index (χ1v) is 5.79. The van der Waals surface area contributed by atoms with E-state index in [-0.39, 0.29) is 5.78 Å². The second-order valence-electron chi connectivity index (χ2n) is 4.23. The lowest BCUT2D eigenvalue weighted by Crippen LogP contribution is -2.37. The molecular weight excluding hydrogens is 200 g/mol. The number of carbonyl (C=O) groups is 1. The molecule has 1 unspecified atom stereocenters. The average Bonchev–Trinajstić information content (AvgIpc) is 2.36. The summed E-state index contributed by atoms with van der Waals surface area (Å²) in [6.07, 6.45) is 2.84. The van der Waals surface area contributed by atoms with Gasteiger partial charge in [0.2, 0.25) is 0 Å². The highest BCUT2D eigenvalue weighted by molar-refractivity contribution is 6.02. The fourth-order valence-corrected chi connectivity index (χ4v) is 1.72. The molecule has 1 rings (SSSR count). The number of ketones is 1. The van der Waals surface area contributed by atoms with Crippen molar-refractivity contribution in [3.8, 4) is 0 Å². The zero-order valence-electron chi connectivity index (χ0n) is 10.3. The van der Waals surface area contributed by atoms with E-state index in [1.165, 1.54) is 0 Å². The number of carbonyl (C=O) groups excluding carboxylic acids is 1. The van der Waals surface area contributed by atoms with Crippen LogP contribution >= 0.6 is 0 Å². The monoisotopic (exact) mass is 220 g/mol. The Morgan fingerprint density at radius 1 is 1.31 bits per heavy atom. The van der Waals surface area contributed by atoms with E-state index in [1.54, 1.807) is 7.11 Å². The van der Waals surface area contributed by atoms with Crippen LogP contribution in [0, 0.1) is 0 Å². The first-order chi connectivity index (χ1) is 7.64. The standard InChI is InChI=1S/C14H20O2/c1-4-5-11-14(2,16-3)13(15)12-9-7-6-8-10-12/h6-10H,4-5,11H2,1-3H3. The molecule has 0 fully saturated rings. The minimum absolute atomic E-state index is 0.0732. The minimum Gasteiger partial charge on any atom is -0.370 e. The Balaban J connectivity index is 2.84. The molecule has 0 aromatic heterocycles. The number of unbranched alkanes of at least 4 members (excludes halogenated alkanes) is 1. The van der Waals surface area contributed by atoms with E-state index in [4.69, 9.17) is 4.74 Å². The molecule has 0 bridgehead atoms. The normalized spacial score (nSPS) is 14.4. The van der Waals surface area contributed by atoms with Crippen LogP contribution in [0.1, 0.15) is 43.5 Å². The van der Waals surface area contributed by atoms with Gasteiger partial charge >= 0.3 is 0 Å². The number of rotatable bonds is 6. The van der Waals surface area contributed by atoms with Crippen molar-refractivity contribution in [2.75, 3.05) is 7.11 Å². The number of hydrogen-bond donors (Lipinski definition) is 0. The van der Waals surface area contributed by atoms with Gasteiger partial charge in [0.1, 0.15) is 5.60 Å². The van der Waals surface area contributed by atoms with Crippen molar-refractivity contribution in [2.24, 2.45) is 0 Å². The molecule has 16 heavy (non-hydrogen) atoms. The quantitative estimate of drug-likeness (QED) is 0.686. The third-order valence-electron chi connectivity index (χ3n) is 2.97. The van der Waals surface area contributed by atoms with Gasteiger partial charge in [-0.2, -0.15) is 0 Å². The lowest BCUT2D eigenvalue weighted by molar-refractivity contribution is 0.00680. The molecule has 0 saturated heterocycles. The van der Waals surface area contributed by atoms with Crippen LogP contribution in [0.15, 0.2) is 30.3 Å². The van der Waals surface area contributed by atoms with Crippen molar-refractivity contribution >= 4 is 5.78 Å². The Morgan fingerprint density at radius 3 is 2.44 bits per heavy atom. The van der Waals surface area contributed by atoms with Crippen LogP contribution < -0.4 is 0 Å². The van der Waals surface area contributed by atoms with Gasteiger partial charge < -0.3 is 4.74 Å². The van der Waals surface area contributed by atoms with Gasteiger partial charge in [-0.05, 0) is 13.3 Å². The highest BCUT2D eigenvalue weighted by Crippen LogP contribution is 2.23. The van der Waals surface area contributed by atoms with Gasteiger partial charge in [-0.25, -0.2) is 0 Å². The minimum atomic E-state index is -0.683. The fourth-order valence-electron chi connectivity index (χ4n) is 1.72. The molecule has 1 aromatic rings. The molecule has 1 aromatic carbocycles. The summed E-state index contributed by atoms with van der Waals surface area (Å²) in [6.45, 7) is 3.99. The van der Waals surface area contributed by atoms with Crippen molar-refractivity contribution in [1.29, 1.82) is 0 Å². The third kappa shape index (κ3) is 2.92. The number of ether oxygens (including phenoxy) is 1. The predicted octanol–water partition coefficient (Wildman–Crippen LogP) is 3.46. The van der Waals surface area contributed by atoms with Crippen molar-refractivity contribution < 1.29 is 9.53 Å². The van der Waals surface area contributed by atoms with Gasteiger partial charge in [0.25, 0.3) is 0 Å². The van der Waals surface area contributed by atoms with E-state index in [1.807, 2.05) is 37.3 Å². The summed E-state index contributed by atoms with van der Waals surface area (Å²) in [4.78, 5) is 12.3. The topological polar surface area (TPSA) is 26.3 Å². The number of hydrogen-bond acceptors (Lipinski definition) is 2. The Bertz CT molecular complexity index is 332. The van der Waals surface area contributed by atoms with E-state index in [0.29, 0.717) is 0 Å². The van der Waals surface area contributed by atoms with E-state index in [0.717, 1.165) is 24.8 Å². The molecule has 0 aliphatic carbocycles. The molecule has 0 heterocycles. The Kier molecular flexibility index (Phi) is 4.69. The maximum absolute atomic E-state index is 12.3. The second-order valence-corrected chi connectivity index (χ2v) is 4.23. The van der Waals surface area contributed by atoms with Crippen molar-refractivity contribution in [1.82, 2.24) is 0 Å². The molecular formula is C14H20O2. The van der Waals surface area contributed by atoms with Gasteiger partial charge in [0, 0.05) is 12.7 Å². The highest BCUT2D eigenvalue weighted by Gasteiger charge is 2.32. The summed E-state index contributed by atoms with van der Waals surface area (Å²) in [7, 11) is 1.61. The van der Waals surface area contributed by atoms with E-state index < -0.39 is 5.60 Å². The van der Waals surface area contributed by atoms with E-state index in [2.05, 4.69) is 6.92 Å². The summed E-state index contributed by atoms with van der Waals surface area (Å²) in [5.74, 6) is 0.0732. The smallest absolute Gasteiger partial charge is 0.194 e. The molecule has 1 atom stereocenters. The molecule has 2 heteroatoms. The van der Waals surface area contributed by atoms with Crippen LogP contribution in [0.2, 0.25) is 0 Å². The molecule has 0 N–H and O–H groups in total. The molecule has 88 valence electrons. The fraction of sp³-hybridized carbons (Fsp3) is 0.500. The SMILES string of the molecule is CCCCC(C)(OC)C(=O)c1ccccc1. The van der Waals surface area contributed by atoms with Gasteiger partial charge in [-0.3, -0.25) is 4.79 Å². The lowest BCUT2D eigenvalue weighted by atomic mass is 9.89. The molecule has 0 saturated carbocycles. The van der Waals surface area contributed by atoms with Gasteiger partial charge in [0.05, 0.1) is 0 Å². The van der Waals surface area contributed by atoms with Crippen LogP contribution in [0.5, 0.6) is 0 Å². The maximum Gasteiger partial charge on any atom is 0.194 e. The van der Waals surface area contributed by atoms with Gasteiger partial charge in [-0.15, -0.1) is 0 Å². The zero-order chi connectivity index (χ0) is 12.0. The van der Waals surface area contributed by atoms with E-state index >= 15 is 0 Å². The lowest BCUT2D eigenvalue weighted by Gasteiger charge is -2.26. The van der Waals surface area contributed by atoms with Gasteiger partial charge in [-0.1, -0.05) is 50.1 Å². The predicted molar refractivity (Wildman–Crippen MR) is 65.7 cm³/mol. The van der Waals surface area contributed by atoms with Crippen LogP contribution in [-0.4, -0.2) is 18.5 Å². The summed E-state index contributed by atoms with van der Waals surface area (Å²) < 4.78 is 5.41. The Hall–Kier alpha value is -1.15. The summed E-state index contributed by atoms with van der Waals surface area (Å²) in [5.41, 5.74) is 0.0418. The highest BCUT2D eigenvalue weighted by atomic mass is 16.5. The number of benzene rings is 1. The first-order valence-electron chi connectivity index (χ1n) is 5.79. The van der Waals surface area contributed by atoms with Crippen molar-refractivity contribution in [2.45, 2.75) is 38.7 Å². The molecule has 0 aliphatic heterocycles. The van der Waals surface area contributed by atoms with Crippen LogP contribution in [0.25, 0.3) is 0 Å². The van der Waals surface area contributed by atoms with E-state index in [9.17, 15) is 4.79 Å². The second kappa shape index (κ2) is 5.80. The van der Waals surface area contributed by atoms with Gasteiger partial charge in [0.15, 0.2) is 5.78 Å². The maximum atomic E-state index is 12.3.